The minimum atomic E-state index is -0.173. The van der Waals surface area contributed by atoms with E-state index in [9.17, 15) is 5.11 Å². The Morgan fingerprint density at radius 1 is 1.25 bits per heavy atom. The van der Waals surface area contributed by atoms with Crippen LogP contribution in [-0.4, -0.2) is 39.4 Å². The molecule has 0 amide bonds. The van der Waals surface area contributed by atoms with E-state index >= 15 is 0 Å². The SMILES string of the molecule is OC1CCN(Cc2nnc(-c3ccccc3Cl)o2)CC1. The minimum Gasteiger partial charge on any atom is -0.419 e. The number of aliphatic hydroxyl groups excluding tert-OH is 1. The molecule has 0 aliphatic carbocycles. The second-order valence-electron chi connectivity index (χ2n) is 4.99. The van der Waals surface area contributed by atoms with Crippen LogP contribution in [0.3, 0.4) is 0 Å². The van der Waals surface area contributed by atoms with E-state index in [2.05, 4.69) is 15.1 Å². The van der Waals surface area contributed by atoms with E-state index in [4.69, 9.17) is 16.0 Å². The molecule has 1 aromatic carbocycles. The maximum absolute atomic E-state index is 9.48. The molecule has 20 heavy (non-hydrogen) atoms. The Hall–Kier alpha value is -1.43. The molecule has 1 saturated heterocycles. The van der Waals surface area contributed by atoms with Crippen LogP contribution in [0.5, 0.6) is 0 Å². The van der Waals surface area contributed by atoms with Crippen molar-refractivity contribution in [3.8, 4) is 11.5 Å². The number of rotatable bonds is 3. The Labute approximate surface area is 122 Å². The predicted molar refractivity (Wildman–Crippen MR) is 75.3 cm³/mol. The van der Waals surface area contributed by atoms with Crippen molar-refractivity contribution in [2.75, 3.05) is 13.1 Å². The molecule has 0 radical (unpaired) electrons. The van der Waals surface area contributed by atoms with Crippen molar-refractivity contribution in [1.82, 2.24) is 15.1 Å². The lowest BCUT2D eigenvalue weighted by Gasteiger charge is -2.27. The lowest BCUT2D eigenvalue weighted by atomic mass is 10.1. The Bertz CT molecular complexity index is 579. The summed E-state index contributed by atoms with van der Waals surface area (Å²) in [6.07, 6.45) is 1.42. The summed E-state index contributed by atoms with van der Waals surface area (Å²) in [5.41, 5.74) is 0.752. The van der Waals surface area contributed by atoms with Gasteiger partial charge in [-0.2, -0.15) is 0 Å². The zero-order valence-electron chi connectivity index (χ0n) is 11.0. The van der Waals surface area contributed by atoms with Gasteiger partial charge in [-0.15, -0.1) is 10.2 Å². The molecular weight excluding hydrogens is 278 g/mol. The molecule has 0 atom stereocenters. The predicted octanol–water partition coefficient (Wildman–Crippen LogP) is 2.35. The summed E-state index contributed by atoms with van der Waals surface area (Å²) >= 11 is 6.11. The van der Waals surface area contributed by atoms with E-state index in [0.717, 1.165) is 31.5 Å². The first-order valence-corrected chi connectivity index (χ1v) is 7.08. The second kappa shape index (κ2) is 5.91. The van der Waals surface area contributed by atoms with Gasteiger partial charge in [-0.1, -0.05) is 23.7 Å². The first-order chi connectivity index (χ1) is 9.72. The monoisotopic (exact) mass is 293 g/mol. The second-order valence-corrected chi connectivity index (χ2v) is 5.40. The molecule has 1 aliphatic rings. The number of hydrogen-bond acceptors (Lipinski definition) is 5. The van der Waals surface area contributed by atoms with Crippen LogP contribution in [-0.2, 0) is 6.54 Å². The Morgan fingerprint density at radius 2 is 2.00 bits per heavy atom. The molecule has 3 rings (SSSR count). The van der Waals surface area contributed by atoms with Crippen molar-refractivity contribution < 1.29 is 9.52 Å². The Balaban J connectivity index is 1.70. The number of halogens is 1. The van der Waals surface area contributed by atoms with Crippen LogP contribution >= 0.6 is 11.6 Å². The highest BCUT2D eigenvalue weighted by atomic mass is 35.5. The number of hydrogen-bond donors (Lipinski definition) is 1. The molecule has 2 aromatic rings. The van der Waals surface area contributed by atoms with E-state index in [0.29, 0.717) is 23.3 Å². The van der Waals surface area contributed by atoms with Gasteiger partial charge in [-0.05, 0) is 25.0 Å². The van der Waals surface area contributed by atoms with Gasteiger partial charge in [0.05, 0.1) is 23.2 Å². The van der Waals surface area contributed by atoms with Crippen LogP contribution in [0, 0.1) is 0 Å². The summed E-state index contributed by atoms with van der Waals surface area (Å²) in [6, 6.07) is 7.41. The van der Waals surface area contributed by atoms with Gasteiger partial charge in [0, 0.05) is 13.1 Å². The van der Waals surface area contributed by atoms with E-state index in [1.807, 2.05) is 18.2 Å². The van der Waals surface area contributed by atoms with Gasteiger partial charge in [0.25, 0.3) is 0 Å². The maximum Gasteiger partial charge on any atom is 0.249 e. The quantitative estimate of drug-likeness (QED) is 0.941. The van der Waals surface area contributed by atoms with E-state index in [1.54, 1.807) is 6.07 Å². The third-order valence-electron chi connectivity index (χ3n) is 3.49. The fourth-order valence-electron chi connectivity index (χ4n) is 2.33. The average Bonchev–Trinajstić information content (AvgIpc) is 2.90. The van der Waals surface area contributed by atoms with Gasteiger partial charge in [0.15, 0.2) is 0 Å². The fourth-order valence-corrected chi connectivity index (χ4v) is 2.55. The molecule has 0 spiro atoms. The Kier molecular flexibility index (Phi) is 4.00. The zero-order valence-corrected chi connectivity index (χ0v) is 11.8. The van der Waals surface area contributed by atoms with E-state index in [1.165, 1.54) is 0 Å². The van der Waals surface area contributed by atoms with Gasteiger partial charge >= 0.3 is 0 Å². The molecule has 0 bridgehead atoms. The highest BCUT2D eigenvalue weighted by molar-refractivity contribution is 6.33. The van der Waals surface area contributed by atoms with Crippen molar-refractivity contribution in [1.29, 1.82) is 0 Å². The van der Waals surface area contributed by atoms with Gasteiger partial charge in [-0.25, -0.2) is 0 Å². The number of aromatic nitrogens is 2. The van der Waals surface area contributed by atoms with Gasteiger partial charge in [0.2, 0.25) is 11.8 Å². The van der Waals surface area contributed by atoms with Gasteiger partial charge in [-0.3, -0.25) is 4.90 Å². The third-order valence-corrected chi connectivity index (χ3v) is 3.82. The Morgan fingerprint density at radius 3 is 2.75 bits per heavy atom. The van der Waals surface area contributed by atoms with Crippen molar-refractivity contribution >= 4 is 11.6 Å². The van der Waals surface area contributed by atoms with Crippen LogP contribution < -0.4 is 0 Å². The van der Waals surface area contributed by atoms with Crippen LogP contribution in [0.15, 0.2) is 28.7 Å². The van der Waals surface area contributed by atoms with Crippen molar-refractivity contribution in [3.63, 3.8) is 0 Å². The van der Waals surface area contributed by atoms with E-state index in [-0.39, 0.29) is 6.10 Å². The van der Waals surface area contributed by atoms with Crippen molar-refractivity contribution in [2.24, 2.45) is 0 Å². The van der Waals surface area contributed by atoms with Gasteiger partial charge in [0.1, 0.15) is 0 Å². The molecule has 0 saturated carbocycles. The first-order valence-electron chi connectivity index (χ1n) is 6.70. The van der Waals surface area contributed by atoms with Crippen molar-refractivity contribution in [3.05, 3.63) is 35.2 Å². The van der Waals surface area contributed by atoms with Crippen LogP contribution in [0.2, 0.25) is 5.02 Å². The highest BCUT2D eigenvalue weighted by Crippen LogP contribution is 2.26. The zero-order chi connectivity index (χ0) is 13.9. The first kappa shape index (κ1) is 13.5. The van der Waals surface area contributed by atoms with Gasteiger partial charge < -0.3 is 9.52 Å². The number of benzene rings is 1. The summed E-state index contributed by atoms with van der Waals surface area (Å²) in [6.45, 7) is 2.32. The number of piperidine rings is 1. The van der Waals surface area contributed by atoms with Crippen LogP contribution in [0.1, 0.15) is 18.7 Å². The standard InChI is InChI=1S/C14H16ClN3O2/c15-12-4-2-1-3-11(12)14-17-16-13(20-14)9-18-7-5-10(19)6-8-18/h1-4,10,19H,5-9H2. The molecule has 1 N–H and O–H groups in total. The molecule has 1 fully saturated rings. The molecular formula is C14H16ClN3O2. The average molecular weight is 294 g/mol. The maximum atomic E-state index is 9.48. The molecule has 0 unspecified atom stereocenters. The lowest BCUT2D eigenvalue weighted by Crippen LogP contribution is -2.35. The highest BCUT2D eigenvalue weighted by Gasteiger charge is 2.19. The topological polar surface area (TPSA) is 62.4 Å². The summed E-state index contributed by atoms with van der Waals surface area (Å²) in [7, 11) is 0. The molecule has 6 heteroatoms. The van der Waals surface area contributed by atoms with Crippen LogP contribution in [0.25, 0.3) is 11.5 Å². The van der Waals surface area contributed by atoms with Crippen LogP contribution in [0.4, 0.5) is 0 Å². The summed E-state index contributed by atoms with van der Waals surface area (Å²) in [4.78, 5) is 2.20. The molecule has 5 nitrogen and oxygen atoms in total. The molecule has 1 aromatic heterocycles. The summed E-state index contributed by atoms with van der Waals surface area (Å²) in [5.74, 6) is 1.03. The minimum absolute atomic E-state index is 0.173. The smallest absolute Gasteiger partial charge is 0.249 e. The number of aliphatic hydroxyl groups is 1. The third kappa shape index (κ3) is 3.00. The summed E-state index contributed by atoms with van der Waals surface area (Å²) in [5, 5.41) is 18.2. The molecule has 106 valence electrons. The van der Waals surface area contributed by atoms with Crippen molar-refractivity contribution in [2.45, 2.75) is 25.5 Å². The molecule has 1 aliphatic heterocycles. The normalized spacial score (nSPS) is 17.5. The molecule has 2 heterocycles. The lowest BCUT2D eigenvalue weighted by molar-refractivity contribution is 0.0752. The van der Waals surface area contributed by atoms with E-state index < -0.39 is 0 Å². The largest absolute Gasteiger partial charge is 0.419 e. The number of likely N-dealkylation sites (tertiary alicyclic amines) is 1. The fraction of sp³-hybridized carbons (Fsp3) is 0.429. The number of nitrogens with zero attached hydrogens (tertiary/aromatic N) is 3. The summed E-state index contributed by atoms with van der Waals surface area (Å²) < 4.78 is 5.67.